The summed E-state index contributed by atoms with van der Waals surface area (Å²) in [6.45, 7) is 3.85. The van der Waals surface area contributed by atoms with Gasteiger partial charge in [-0.2, -0.15) is 0 Å². The Kier molecular flexibility index (Phi) is 5.02. The molecule has 24 heavy (non-hydrogen) atoms. The molecule has 2 aromatic carbocycles. The Morgan fingerprint density at radius 3 is 2.54 bits per heavy atom. The second kappa shape index (κ2) is 7.20. The molecule has 0 aliphatic heterocycles. The number of hydrogen-bond donors (Lipinski definition) is 1. The highest BCUT2D eigenvalue weighted by atomic mass is 35.5. The van der Waals surface area contributed by atoms with Crippen LogP contribution in [0.2, 0.25) is 5.02 Å². The Labute approximate surface area is 149 Å². The van der Waals surface area contributed by atoms with Gasteiger partial charge in [0.05, 0.1) is 33.2 Å². The van der Waals surface area contributed by atoms with Crippen molar-refractivity contribution >= 4 is 46.0 Å². The minimum absolute atomic E-state index is 0.125. The third-order valence-corrected chi connectivity index (χ3v) is 4.82. The lowest BCUT2D eigenvalue weighted by Gasteiger charge is -2.09. The van der Waals surface area contributed by atoms with E-state index >= 15 is 0 Å². The number of aromatic nitrogens is 2. The van der Waals surface area contributed by atoms with Crippen molar-refractivity contribution in [3.8, 4) is 0 Å². The molecule has 6 heteroatoms. The summed E-state index contributed by atoms with van der Waals surface area (Å²) in [4.78, 5) is 21.3. The lowest BCUT2D eigenvalue weighted by molar-refractivity contribution is -0.113. The molecular formula is C18H16ClN3OS. The summed E-state index contributed by atoms with van der Waals surface area (Å²) in [6.07, 6.45) is 0. The molecule has 1 amide bonds. The summed E-state index contributed by atoms with van der Waals surface area (Å²) in [6, 6.07) is 13.2. The van der Waals surface area contributed by atoms with Crippen LogP contribution in [-0.2, 0) is 4.79 Å². The van der Waals surface area contributed by atoms with Crippen molar-refractivity contribution in [2.45, 2.75) is 18.9 Å². The molecule has 3 rings (SSSR count). The highest BCUT2D eigenvalue weighted by molar-refractivity contribution is 8.00. The third kappa shape index (κ3) is 3.86. The number of nitrogens with one attached hydrogen (secondary N) is 1. The molecule has 0 radical (unpaired) electrons. The summed E-state index contributed by atoms with van der Waals surface area (Å²) >= 11 is 7.51. The standard InChI is InChI=1S/C18H16ClN3OS/c1-11-7-8-14(13(19)9-11)21-17(23)10-24-18-12(2)20-15-5-3-4-6-16(15)22-18/h3-9H,10H2,1-2H3,(H,21,23). The first-order valence-corrected chi connectivity index (χ1v) is 8.81. The number of fused-ring (bicyclic) bond motifs is 1. The van der Waals surface area contributed by atoms with Gasteiger partial charge >= 0.3 is 0 Å². The molecule has 3 aromatic rings. The van der Waals surface area contributed by atoms with Gasteiger partial charge in [0.15, 0.2) is 0 Å². The number of halogens is 1. The number of carbonyl (C=O) groups excluding carboxylic acids is 1. The number of carbonyl (C=O) groups is 1. The molecule has 122 valence electrons. The second-order valence-electron chi connectivity index (χ2n) is 5.42. The monoisotopic (exact) mass is 357 g/mol. The molecule has 0 saturated heterocycles. The molecule has 0 aliphatic carbocycles. The number of hydrogen-bond acceptors (Lipinski definition) is 4. The molecule has 1 N–H and O–H groups in total. The van der Waals surface area contributed by atoms with E-state index in [0.29, 0.717) is 10.7 Å². The highest BCUT2D eigenvalue weighted by Crippen LogP contribution is 2.25. The van der Waals surface area contributed by atoms with Crippen molar-refractivity contribution in [3.63, 3.8) is 0 Å². The minimum atomic E-state index is -0.125. The molecule has 4 nitrogen and oxygen atoms in total. The molecule has 0 spiro atoms. The van der Waals surface area contributed by atoms with E-state index in [1.807, 2.05) is 50.2 Å². The Balaban J connectivity index is 1.69. The van der Waals surface area contributed by atoms with Crippen LogP contribution in [0.25, 0.3) is 11.0 Å². The predicted octanol–water partition coefficient (Wildman–Crippen LogP) is 4.63. The van der Waals surface area contributed by atoms with Gasteiger partial charge in [-0.15, -0.1) is 0 Å². The summed E-state index contributed by atoms with van der Waals surface area (Å²) < 4.78 is 0. The average Bonchev–Trinajstić information content (AvgIpc) is 2.55. The van der Waals surface area contributed by atoms with E-state index in [0.717, 1.165) is 27.3 Å². The van der Waals surface area contributed by atoms with E-state index in [1.54, 1.807) is 6.07 Å². The van der Waals surface area contributed by atoms with Gasteiger partial charge in [-0.3, -0.25) is 4.79 Å². The fourth-order valence-corrected chi connectivity index (χ4v) is 3.29. The van der Waals surface area contributed by atoms with Gasteiger partial charge < -0.3 is 5.32 Å². The SMILES string of the molecule is Cc1ccc(NC(=O)CSc2nc3ccccc3nc2C)c(Cl)c1. The van der Waals surface area contributed by atoms with Crippen molar-refractivity contribution in [1.82, 2.24) is 9.97 Å². The number of para-hydroxylation sites is 2. The largest absolute Gasteiger partial charge is 0.324 e. The molecule has 0 unspecified atom stereocenters. The van der Waals surface area contributed by atoms with Crippen LogP contribution in [0.15, 0.2) is 47.5 Å². The van der Waals surface area contributed by atoms with Crippen molar-refractivity contribution < 1.29 is 4.79 Å². The Bertz CT molecular complexity index is 914. The topological polar surface area (TPSA) is 54.9 Å². The van der Waals surface area contributed by atoms with Crippen LogP contribution in [0.4, 0.5) is 5.69 Å². The van der Waals surface area contributed by atoms with Gasteiger partial charge in [-0.25, -0.2) is 9.97 Å². The molecule has 1 heterocycles. The number of amides is 1. The summed E-state index contributed by atoms with van der Waals surface area (Å²) in [5.74, 6) is 0.123. The fraction of sp³-hybridized carbons (Fsp3) is 0.167. The molecular weight excluding hydrogens is 342 g/mol. The third-order valence-electron chi connectivity index (χ3n) is 3.44. The van der Waals surface area contributed by atoms with Crippen molar-refractivity contribution in [1.29, 1.82) is 0 Å². The van der Waals surface area contributed by atoms with Gasteiger partial charge in [-0.1, -0.05) is 41.6 Å². The van der Waals surface area contributed by atoms with E-state index in [-0.39, 0.29) is 11.7 Å². The van der Waals surface area contributed by atoms with E-state index < -0.39 is 0 Å². The smallest absolute Gasteiger partial charge is 0.234 e. The fourth-order valence-electron chi connectivity index (χ4n) is 2.25. The molecule has 0 saturated carbocycles. The van der Waals surface area contributed by atoms with Crippen LogP contribution in [0, 0.1) is 13.8 Å². The zero-order valence-corrected chi connectivity index (χ0v) is 14.9. The first-order valence-electron chi connectivity index (χ1n) is 7.45. The first-order chi connectivity index (χ1) is 11.5. The van der Waals surface area contributed by atoms with E-state index in [2.05, 4.69) is 15.3 Å². The summed E-state index contributed by atoms with van der Waals surface area (Å²) in [7, 11) is 0. The second-order valence-corrected chi connectivity index (χ2v) is 6.79. The van der Waals surface area contributed by atoms with Gasteiger partial charge in [0, 0.05) is 0 Å². The minimum Gasteiger partial charge on any atom is -0.324 e. The van der Waals surface area contributed by atoms with Crippen molar-refractivity contribution in [3.05, 3.63) is 58.7 Å². The zero-order valence-electron chi connectivity index (χ0n) is 13.3. The van der Waals surface area contributed by atoms with Crippen LogP contribution in [0.5, 0.6) is 0 Å². The molecule has 0 fully saturated rings. The van der Waals surface area contributed by atoms with Crippen LogP contribution in [0.3, 0.4) is 0 Å². The Morgan fingerprint density at radius 2 is 1.83 bits per heavy atom. The summed E-state index contributed by atoms with van der Waals surface area (Å²) in [5.41, 5.74) is 4.17. The Morgan fingerprint density at radius 1 is 1.12 bits per heavy atom. The van der Waals surface area contributed by atoms with Crippen molar-refractivity contribution in [2.24, 2.45) is 0 Å². The number of anilines is 1. The first kappa shape index (κ1) is 16.7. The van der Waals surface area contributed by atoms with Gasteiger partial charge in [0.2, 0.25) is 5.91 Å². The van der Waals surface area contributed by atoms with E-state index in [1.165, 1.54) is 11.8 Å². The number of rotatable bonds is 4. The number of benzene rings is 2. The van der Waals surface area contributed by atoms with Crippen LogP contribution in [-0.4, -0.2) is 21.6 Å². The molecule has 0 aliphatic rings. The van der Waals surface area contributed by atoms with Crippen LogP contribution in [0.1, 0.15) is 11.3 Å². The zero-order chi connectivity index (χ0) is 17.1. The van der Waals surface area contributed by atoms with Crippen LogP contribution < -0.4 is 5.32 Å². The average molecular weight is 358 g/mol. The van der Waals surface area contributed by atoms with Crippen LogP contribution >= 0.6 is 23.4 Å². The highest BCUT2D eigenvalue weighted by Gasteiger charge is 2.10. The van der Waals surface area contributed by atoms with Crippen molar-refractivity contribution in [2.75, 3.05) is 11.1 Å². The molecule has 0 bridgehead atoms. The maximum Gasteiger partial charge on any atom is 0.234 e. The van der Waals surface area contributed by atoms with Gasteiger partial charge in [0.1, 0.15) is 5.03 Å². The lowest BCUT2D eigenvalue weighted by atomic mass is 10.2. The molecule has 0 atom stereocenters. The Hall–Kier alpha value is -2.11. The number of thioether (sulfide) groups is 1. The predicted molar refractivity (Wildman–Crippen MR) is 99.8 cm³/mol. The maximum absolute atomic E-state index is 12.2. The van der Waals surface area contributed by atoms with E-state index in [9.17, 15) is 4.79 Å². The normalized spacial score (nSPS) is 10.8. The quantitative estimate of drug-likeness (QED) is 0.691. The number of aryl methyl sites for hydroxylation is 2. The number of nitrogens with zero attached hydrogens (tertiary/aromatic N) is 2. The van der Waals surface area contributed by atoms with Gasteiger partial charge in [0.25, 0.3) is 0 Å². The maximum atomic E-state index is 12.2. The van der Waals surface area contributed by atoms with E-state index in [4.69, 9.17) is 11.6 Å². The molecule has 1 aromatic heterocycles. The summed E-state index contributed by atoms with van der Waals surface area (Å²) in [5, 5.41) is 4.12. The lowest BCUT2D eigenvalue weighted by Crippen LogP contribution is -2.14. The van der Waals surface area contributed by atoms with Gasteiger partial charge in [-0.05, 0) is 43.7 Å².